The summed E-state index contributed by atoms with van der Waals surface area (Å²) in [5, 5.41) is 0. The summed E-state index contributed by atoms with van der Waals surface area (Å²) in [6, 6.07) is 10.1. The van der Waals surface area contributed by atoms with E-state index >= 15 is 0 Å². The van der Waals surface area contributed by atoms with Crippen molar-refractivity contribution >= 4 is 11.6 Å². The fourth-order valence-electron chi connectivity index (χ4n) is 1.92. The second-order valence-corrected chi connectivity index (χ2v) is 4.23. The third-order valence-corrected chi connectivity index (χ3v) is 3.07. The van der Waals surface area contributed by atoms with Crippen LogP contribution in [0.1, 0.15) is 12.7 Å². The largest absolute Gasteiger partial charge is 0.311 e. The molecule has 0 amide bonds. The standard InChI is InChI=1S/C14H19N5/c1-5-19(12-9-7-6-8-10-12)14-16-11(2)18(4)13(15-3)17-14/h6-10H,5H2,1-4H3. The molecule has 0 aliphatic heterocycles. The van der Waals surface area contributed by atoms with E-state index in [0.29, 0.717) is 11.6 Å². The monoisotopic (exact) mass is 257 g/mol. The van der Waals surface area contributed by atoms with Crippen LogP contribution < -0.4 is 10.5 Å². The van der Waals surface area contributed by atoms with Gasteiger partial charge >= 0.3 is 0 Å². The van der Waals surface area contributed by atoms with Crippen molar-refractivity contribution in [1.82, 2.24) is 14.5 Å². The first kappa shape index (κ1) is 13.3. The van der Waals surface area contributed by atoms with E-state index in [1.54, 1.807) is 7.05 Å². The molecule has 19 heavy (non-hydrogen) atoms. The van der Waals surface area contributed by atoms with Crippen LogP contribution in [0.25, 0.3) is 0 Å². The second kappa shape index (κ2) is 5.65. The zero-order valence-electron chi connectivity index (χ0n) is 11.8. The first-order chi connectivity index (χ1) is 9.17. The van der Waals surface area contributed by atoms with Gasteiger partial charge in [0, 0.05) is 26.3 Å². The van der Waals surface area contributed by atoms with E-state index in [1.807, 2.05) is 36.7 Å². The Bertz CT molecular complexity index is 615. The zero-order chi connectivity index (χ0) is 13.8. The smallest absolute Gasteiger partial charge is 0.234 e. The maximum Gasteiger partial charge on any atom is 0.234 e. The number of anilines is 2. The Morgan fingerprint density at radius 3 is 2.47 bits per heavy atom. The van der Waals surface area contributed by atoms with Crippen LogP contribution >= 0.6 is 0 Å². The summed E-state index contributed by atoms with van der Waals surface area (Å²) in [7, 11) is 3.66. The molecule has 1 heterocycles. The predicted octanol–water partition coefficient (Wildman–Crippen LogP) is 1.81. The van der Waals surface area contributed by atoms with Gasteiger partial charge in [-0.2, -0.15) is 9.97 Å². The minimum Gasteiger partial charge on any atom is -0.311 e. The maximum atomic E-state index is 4.55. The van der Waals surface area contributed by atoms with Crippen molar-refractivity contribution < 1.29 is 0 Å². The molecular weight excluding hydrogens is 238 g/mol. The average Bonchev–Trinajstić information content (AvgIpc) is 2.44. The molecule has 0 fully saturated rings. The predicted molar refractivity (Wildman–Crippen MR) is 76.3 cm³/mol. The fraction of sp³-hybridized carbons (Fsp3) is 0.357. The summed E-state index contributed by atoms with van der Waals surface area (Å²) in [5.41, 5.74) is 1.76. The lowest BCUT2D eigenvalue weighted by Gasteiger charge is -2.21. The number of nitrogens with zero attached hydrogens (tertiary/aromatic N) is 5. The molecule has 0 aliphatic rings. The summed E-state index contributed by atoms with van der Waals surface area (Å²) < 4.78 is 1.88. The van der Waals surface area contributed by atoms with Crippen molar-refractivity contribution in [2.45, 2.75) is 13.8 Å². The second-order valence-electron chi connectivity index (χ2n) is 4.23. The van der Waals surface area contributed by atoms with Crippen molar-refractivity contribution in [2.75, 3.05) is 18.5 Å². The highest BCUT2D eigenvalue weighted by Gasteiger charge is 2.11. The van der Waals surface area contributed by atoms with Crippen LogP contribution in [0.3, 0.4) is 0 Å². The summed E-state index contributed by atoms with van der Waals surface area (Å²) >= 11 is 0. The van der Waals surface area contributed by atoms with Gasteiger partial charge in [-0.15, -0.1) is 0 Å². The number of rotatable bonds is 3. The van der Waals surface area contributed by atoms with Gasteiger partial charge in [-0.1, -0.05) is 18.2 Å². The number of para-hydroxylation sites is 1. The first-order valence-electron chi connectivity index (χ1n) is 6.34. The van der Waals surface area contributed by atoms with Crippen LogP contribution in [0, 0.1) is 6.92 Å². The van der Waals surface area contributed by atoms with E-state index < -0.39 is 0 Å². The van der Waals surface area contributed by atoms with Gasteiger partial charge in [0.15, 0.2) is 0 Å². The highest BCUT2D eigenvalue weighted by Crippen LogP contribution is 2.20. The van der Waals surface area contributed by atoms with Crippen LogP contribution in [0.4, 0.5) is 11.6 Å². The topological polar surface area (TPSA) is 46.3 Å². The molecule has 0 aliphatic carbocycles. The van der Waals surface area contributed by atoms with Crippen molar-refractivity contribution in [1.29, 1.82) is 0 Å². The highest BCUT2D eigenvalue weighted by molar-refractivity contribution is 5.56. The molecular formula is C14H19N5. The molecule has 2 rings (SSSR count). The lowest BCUT2D eigenvalue weighted by molar-refractivity contribution is 0.697. The molecule has 0 bridgehead atoms. The minimum absolute atomic E-state index is 0.678. The summed E-state index contributed by atoms with van der Waals surface area (Å²) in [5.74, 6) is 1.57. The van der Waals surface area contributed by atoms with Crippen molar-refractivity contribution in [2.24, 2.45) is 12.0 Å². The highest BCUT2D eigenvalue weighted by atomic mass is 15.3. The Balaban J connectivity index is 2.54. The number of aromatic nitrogens is 3. The summed E-state index contributed by atoms with van der Waals surface area (Å²) in [6.45, 7) is 4.85. The van der Waals surface area contributed by atoms with Crippen molar-refractivity contribution in [3.05, 3.63) is 41.8 Å². The molecule has 1 aromatic heterocycles. The van der Waals surface area contributed by atoms with Gasteiger partial charge in [0.05, 0.1) is 0 Å². The van der Waals surface area contributed by atoms with Crippen LogP contribution in [0.5, 0.6) is 0 Å². The van der Waals surface area contributed by atoms with Crippen LogP contribution in [-0.2, 0) is 7.05 Å². The number of hydrogen-bond donors (Lipinski definition) is 0. The number of benzene rings is 1. The van der Waals surface area contributed by atoms with E-state index in [-0.39, 0.29) is 0 Å². The zero-order valence-corrected chi connectivity index (χ0v) is 11.8. The van der Waals surface area contributed by atoms with Crippen LogP contribution in [-0.4, -0.2) is 28.1 Å². The van der Waals surface area contributed by atoms with Gasteiger partial charge in [0.1, 0.15) is 5.82 Å². The number of aryl methyl sites for hydroxylation is 1. The van der Waals surface area contributed by atoms with Gasteiger partial charge in [-0.25, -0.2) is 0 Å². The molecule has 0 unspecified atom stereocenters. The molecule has 1 aromatic carbocycles. The van der Waals surface area contributed by atoms with Gasteiger partial charge < -0.3 is 9.47 Å². The quantitative estimate of drug-likeness (QED) is 0.842. The molecule has 0 saturated heterocycles. The van der Waals surface area contributed by atoms with E-state index in [1.165, 1.54) is 0 Å². The SMILES string of the molecule is CCN(c1ccccc1)c1nc(C)n(C)c(=NC)n1. The Morgan fingerprint density at radius 2 is 1.89 bits per heavy atom. The van der Waals surface area contributed by atoms with Gasteiger partial charge in [-0.3, -0.25) is 4.99 Å². The van der Waals surface area contributed by atoms with Crippen molar-refractivity contribution in [3.63, 3.8) is 0 Å². The number of hydrogen-bond acceptors (Lipinski definition) is 4. The van der Waals surface area contributed by atoms with Gasteiger partial charge in [0.25, 0.3) is 0 Å². The Kier molecular flexibility index (Phi) is 3.94. The molecule has 2 aromatic rings. The average molecular weight is 257 g/mol. The normalized spacial score (nSPS) is 11.7. The lowest BCUT2D eigenvalue weighted by atomic mass is 10.3. The molecule has 5 nitrogen and oxygen atoms in total. The molecule has 100 valence electrons. The van der Waals surface area contributed by atoms with E-state index in [2.05, 4.69) is 38.9 Å². The van der Waals surface area contributed by atoms with E-state index in [9.17, 15) is 0 Å². The van der Waals surface area contributed by atoms with E-state index in [4.69, 9.17) is 0 Å². The maximum absolute atomic E-state index is 4.55. The third kappa shape index (κ3) is 2.65. The summed E-state index contributed by atoms with van der Waals surface area (Å²) in [4.78, 5) is 15.3. The Labute approximate surface area is 113 Å². The van der Waals surface area contributed by atoms with Crippen molar-refractivity contribution in [3.8, 4) is 0 Å². The molecule has 5 heteroatoms. The Hall–Kier alpha value is -2.17. The molecule has 0 N–H and O–H groups in total. The molecule has 0 spiro atoms. The third-order valence-electron chi connectivity index (χ3n) is 3.07. The van der Waals surface area contributed by atoms with Crippen LogP contribution in [0.15, 0.2) is 35.3 Å². The summed E-state index contributed by atoms with van der Waals surface area (Å²) in [6.07, 6.45) is 0. The van der Waals surface area contributed by atoms with Gasteiger partial charge in [-0.05, 0) is 26.0 Å². The lowest BCUT2D eigenvalue weighted by Crippen LogP contribution is -2.30. The van der Waals surface area contributed by atoms with Gasteiger partial charge in [0.2, 0.25) is 11.6 Å². The fourth-order valence-corrected chi connectivity index (χ4v) is 1.92. The molecule has 0 radical (unpaired) electrons. The molecule has 0 saturated carbocycles. The minimum atomic E-state index is 0.678. The Morgan fingerprint density at radius 1 is 1.21 bits per heavy atom. The van der Waals surface area contributed by atoms with E-state index in [0.717, 1.165) is 18.1 Å². The first-order valence-corrected chi connectivity index (χ1v) is 6.34. The molecule has 0 atom stereocenters. The van der Waals surface area contributed by atoms with Crippen LogP contribution in [0.2, 0.25) is 0 Å².